The van der Waals surface area contributed by atoms with E-state index in [9.17, 15) is 9.66 Å². The second-order valence-electron chi connectivity index (χ2n) is 4.39. The van der Waals surface area contributed by atoms with Gasteiger partial charge in [0.1, 0.15) is 17.5 Å². The number of para-hydroxylation sites is 1. The van der Waals surface area contributed by atoms with E-state index in [0.29, 0.717) is 10.5 Å². The summed E-state index contributed by atoms with van der Waals surface area (Å²) in [7, 11) is 1.78. The fraction of sp³-hybridized carbons (Fsp3) is 0.143. The maximum absolute atomic E-state index is 12.6. The van der Waals surface area contributed by atoms with E-state index in [0.717, 1.165) is 15.7 Å². The molecule has 0 bridgehead atoms. The molecule has 0 fully saturated rings. The van der Waals surface area contributed by atoms with Crippen molar-refractivity contribution in [2.24, 2.45) is 0 Å². The lowest BCUT2D eigenvalue weighted by Crippen LogP contribution is -2.26. The number of anilines is 1. The van der Waals surface area contributed by atoms with E-state index in [2.05, 4.69) is 15.9 Å². The first-order valence-corrected chi connectivity index (χ1v) is 7.71. The van der Waals surface area contributed by atoms with Crippen molar-refractivity contribution >= 4 is 33.0 Å². The molecular weight excluding hydrogens is 326 g/mol. The standard InChI is InChI=1S/C14H12BrNO2S/c1-16-12-5-3-2-4-10(12)14(17)11-7-6-9(15)8-13(11)19(16)18/h2-8,14,17H,1H3. The van der Waals surface area contributed by atoms with Crippen LogP contribution >= 0.6 is 15.9 Å². The van der Waals surface area contributed by atoms with Gasteiger partial charge in [0.25, 0.3) is 0 Å². The van der Waals surface area contributed by atoms with Crippen LogP contribution in [0.3, 0.4) is 0 Å². The van der Waals surface area contributed by atoms with Crippen LogP contribution in [0.2, 0.25) is 0 Å². The number of nitrogens with zero attached hydrogens (tertiary/aromatic N) is 1. The third-order valence-corrected chi connectivity index (χ3v) is 5.19. The summed E-state index contributed by atoms with van der Waals surface area (Å²) in [5, 5.41) is 10.5. The van der Waals surface area contributed by atoms with Gasteiger partial charge < -0.3 is 9.66 Å². The monoisotopic (exact) mass is 337 g/mol. The van der Waals surface area contributed by atoms with Crippen molar-refractivity contribution in [3.8, 4) is 0 Å². The summed E-state index contributed by atoms with van der Waals surface area (Å²) in [5.41, 5.74) is 2.26. The lowest BCUT2D eigenvalue weighted by atomic mass is 10.00. The fourth-order valence-electron chi connectivity index (χ4n) is 2.30. The smallest absolute Gasteiger partial charge is 0.187 e. The normalized spacial score (nSPS) is 21.6. The minimum absolute atomic E-state index is 0.639. The topological polar surface area (TPSA) is 46.5 Å². The van der Waals surface area contributed by atoms with Gasteiger partial charge in [0, 0.05) is 21.7 Å². The molecule has 1 heterocycles. The van der Waals surface area contributed by atoms with Crippen LogP contribution < -0.4 is 4.31 Å². The first-order chi connectivity index (χ1) is 9.09. The number of aliphatic hydroxyl groups excluding tert-OH is 1. The van der Waals surface area contributed by atoms with E-state index in [1.54, 1.807) is 17.4 Å². The highest BCUT2D eigenvalue weighted by Crippen LogP contribution is 2.40. The number of benzene rings is 2. The molecule has 3 nitrogen and oxygen atoms in total. The number of fused-ring (bicyclic) bond motifs is 2. The molecule has 0 aliphatic carbocycles. The predicted molar refractivity (Wildman–Crippen MR) is 79.5 cm³/mol. The van der Waals surface area contributed by atoms with Gasteiger partial charge in [-0.25, -0.2) is 0 Å². The Balaban J connectivity index is 2.27. The Bertz CT molecular complexity index is 635. The van der Waals surface area contributed by atoms with Gasteiger partial charge in [0.15, 0.2) is 4.90 Å². The Morgan fingerprint density at radius 3 is 2.74 bits per heavy atom. The maximum atomic E-state index is 12.6. The molecule has 2 atom stereocenters. The summed E-state index contributed by atoms with van der Waals surface area (Å²) < 4.78 is 15.1. The molecule has 5 heteroatoms. The number of aliphatic hydroxyl groups is 1. The van der Waals surface area contributed by atoms with Crippen molar-refractivity contribution in [2.75, 3.05) is 11.4 Å². The van der Waals surface area contributed by atoms with Crippen molar-refractivity contribution in [3.63, 3.8) is 0 Å². The van der Waals surface area contributed by atoms with Crippen molar-refractivity contribution < 1.29 is 9.66 Å². The summed E-state index contributed by atoms with van der Waals surface area (Å²) in [6.07, 6.45) is -0.756. The molecule has 0 spiro atoms. The quantitative estimate of drug-likeness (QED) is 0.751. The molecule has 1 aliphatic rings. The molecule has 2 aromatic carbocycles. The van der Waals surface area contributed by atoms with Gasteiger partial charge >= 0.3 is 0 Å². The molecular formula is C14H12BrNO2S. The third-order valence-electron chi connectivity index (χ3n) is 3.28. The van der Waals surface area contributed by atoms with E-state index in [4.69, 9.17) is 0 Å². The Hall–Kier alpha value is -1.01. The summed E-state index contributed by atoms with van der Waals surface area (Å²) in [6.45, 7) is 0. The molecule has 0 saturated heterocycles. The molecule has 19 heavy (non-hydrogen) atoms. The first-order valence-electron chi connectivity index (χ1n) is 5.81. The third kappa shape index (κ3) is 2.07. The number of hydrogen-bond donors (Lipinski definition) is 1. The summed E-state index contributed by atoms with van der Waals surface area (Å²) >= 11 is 2.06. The van der Waals surface area contributed by atoms with Crippen LogP contribution in [0, 0.1) is 0 Å². The number of rotatable bonds is 0. The molecule has 1 N–H and O–H groups in total. The molecule has 0 radical (unpaired) electrons. The van der Waals surface area contributed by atoms with Crippen LogP contribution in [0.1, 0.15) is 17.2 Å². The zero-order valence-corrected chi connectivity index (χ0v) is 12.6. The van der Waals surface area contributed by atoms with E-state index in [-0.39, 0.29) is 0 Å². The van der Waals surface area contributed by atoms with Gasteiger partial charge in [0.05, 0.1) is 12.7 Å². The first kappa shape index (κ1) is 13.0. The average Bonchev–Trinajstić information content (AvgIpc) is 2.51. The van der Waals surface area contributed by atoms with Crippen LogP contribution in [-0.4, -0.2) is 16.7 Å². The minimum atomic E-state index is -1.33. The summed E-state index contributed by atoms with van der Waals surface area (Å²) in [6, 6.07) is 13.0. The largest absolute Gasteiger partial charge is 0.588 e. The van der Waals surface area contributed by atoms with Gasteiger partial charge in [-0.15, -0.1) is 0 Å². The highest BCUT2D eigenvalue weighted by atomic mass is 79.9. The molecule has 2 unspecified atom stereocenters. The molecule has 0 saturated carbocycles. The number of halogens is 1. The fourth-order valence-corrected chi connectivity index (χ4v) is 4.06. The maximum Gasteiger partial charge on any atom is 0.187 e. The van der Waals surface area contributed by atoms with Crippen LogP contribution in [0.5, 0.6) is 0 Å². The summed E-state index contributed by atoms with van der Waals surface area (Å²) in [5.74, 6) is 0. The minimum Gasteiger partial charge on any atom is -0.588 e. The molecule has 2 aromatic rings. The van der Waals surface area contributed by atoms with Crippen molar-refractivity contribution in [1.82, 2.24) is 0 Å². The lowest BCUT2D eigenvalue weighted by molar-refractivity contribution is 0.218. The highest BCUT2D eigenvalue weighted by molar-refractivity contribution is 9.10. The average molecular weight is 338 g/mol. The van der Waals surface area contributed by atoms with Gasteiger partial charge in [-0.05, 0) is 18.2 Å². The van der Waals surface area contributed by atoms with E-state index in [1.807, 2.05) is 36.4 Å². The van der Waals surface area contributed by atoms with E-state index < -0.39 is 17.5 Å². The second-order valence-corrected chi connectivity index (χ2v) is 6.79. The van der Waals surface area contributed by atoms with Crippen LogP contribution in [0.4, 0.5) is 5.69 Å². The lowest BCUT2D eigenvalue weighted by Gasteiger charge is -2.21. The molecule has 0 amide bonds. The highest BCUT2D eigenvalue weighted by Gasteiger charge is 2.33. The van der Waals surface area contributed by atoms with Crippen molar-refractivity contribution in [2.45, 2.75) is 11.0 Å². The Labute approximate surface area is 123 Å². The molecule has 98 valence electrons. The SMILES string of the molecule is CN1c2ccccc2C(O)c2ccc(Br)cc2[S+]1[O-]. The van der Waals surface area contributed by atoms with Crippen LogP contribution in [-0.2, 0) is 11.4 Å². The Morgan fingerprint density at radius 2 is 1.95 bits per heavy atom. The predicted octanol–water partition coefficient (Wildman–Crippen LogP) is 3.00. The van der Waals surface area contributed by atoms with Crippen LogP contribution in [0.15, 0.2) is 51.8 Å². The Morgan fingerprint density at radius 1 is 1.21 bits per heavy atom. The Kier molecular flexibility index (Phi) is 3.30. The van der Waals surface area contributed by atoms with E-state index in [1.165, 1.54) is 0 Å². The second kappa shape index (κ2) is 4.83. The van der Waals surface area contributed by atoms with Gasteiger partial charge in [0.2, 0.25) is 0 Å². The summed E-state index contributed by atoms with van der Waals surface area (Å²) in [4.78, 5) is 0.639. The van der Waals surface area contributed by atoms with Gasteiger partial charge in [-0.3, -0.25) is 0 Å². The van der Waals surface area contributed by atoms with Gasteiger partial charge in [-0.2, -0.15) is 4.31 Å². The zero-order valence-electron chi connectivity index (χ0n) is 10.2. The van der Waals surface area contributed by atoms with Crippen molar-refractivity contribution in [3.05, 3.63) is 58.1 Å². The molecule has 1 aliphatic heterocycles. The van der Waals surface area contributed by atoms with Crippen molar-refractivity contribution in [1.29, 1.82) is 0 Å². The van der Waals surface area contributed by atoms with Gasteiger partial charge in [-0.1, -0.05) is 34.1 Å². The van der Waals surface area contributed by atoms with E-state index >= 15 is 0 Å². The zero-order chi connectivity index (χ0) is 13.6. The number of hydrogen-bond acceptors (Lipinski definition) is 3. The van der Waals surface area contributed by atoms with Crippen LogP contribution in [0.25, 0.3) is 0 Å². The molecule has 0 aromatic heterocycles. The molecule has 3 rings (SSSR count).